The lowest BCUT2D eigenvalue weighted by atomic mass is 9.99. The van der Waals surface area contributed by atoms with E-state index in [1.165, 1.54) is 4.90 Å². The van der Waals surface area contributed by atoms with Crippen LogP contribution in [0, 0.1) is 5.92 Å². The van der Waals surface area contributed by atoms with Gasteiger partial charge in [-0.3, -0.25) is 19.3 Å². The number of unbranched alkanes of at least 4 members (excludes halogenated alkanes) is 1. The van der Waals surface area contributed by atoms with Crippen molar-refractivity contribution in [3.63, 3.8) is 0 Å². The van der Waals surface area contributed by atoms with Gasteiger partial charge in [0, 0.05) is 11.7 Å². The lowest BCUT2D eigenvalue weighted by Gasteiger charge is -2.33. The summed E-state index contributed by atoms with van der Waals surface area (Å²) in [5.74, 6) is -0.685. The average Bonchev–Trinajstić information content (AvgIpc) is 3.49. The number of nitrogen functional groups attached to an aromatic ring is 1. The van der Waals surface area contributed by atoms with Crippen LogP contribution in [0.3, 0.4) is 0 Å². The number of hydrogen-bond acceptors (Lipinski definition) is 7. The highest BCUT2D eigenvalue weighted by molar-refractivity contribution is 7.09. The fraction of sp³-hybridized carbons (Fsp3) is 0.538. The Kier molecular flexibility index (Phi) is 9.69. The highest BCUT2D eigenvalue weighted by atomic mass is 32.1. The number of primary amides is 1. The maximum absolute atomic E-state index is 13.9. The van der Waals surface area contributed by atoms with Gasteiger partial charge in [0.25, 0.3) is 11.8 Å². The lowest BCUT2D eigenvalue weighted by molar-refractivity contribution is -0.123. The van der Waals surface area contributed by atoms with Crippen molar-refractivity contribution in [1.29, 1.82) is 0 Å². The Morgan fingerprint density at radius 2 is 1.86 bits per heavy atom. The van der Waals surface area contributed by atoms with E-state index in [1.54, 1.807) is 24.3 Å². The van der Waals surface area contributed by atoms with Crippen LogP contribution in [-0.2, 0) is 4.79 Å². The van der Waals surface area contributed by atoms with Crippen molar-refractivity contribution in [2.75, 3.05) is 17.2 Å². The fourth-order valence-corrected chi connectivity index (χ4v) is 5.10. The van der Waals surface area contributed by atoms with Crippen molar-refractivity contribution in [2.24, 2.45) is 11.7 Å². The third kappa shape index (κ3) is 6.75. The van der Waals surface area contributed by atoms with Crippen LogP contribution in [0.4, 0.5) is 11.4 Å². The number of nitrogens with zero attached hydrogens (tertiary/aromatic N) is 2. The zero-order chi connectivity index (χ0) is 26.2. The zero-order valence-electron chi connectivity index (χ0n) is 21.3. The van der Waals surface area contributed by atoms with Gasteiger partial charge in [-0.2, -0.15) is 4.37 Å². The Balaban J connectivity index is 2.00. The van der Waals surface area contributed by atoms with Crippen LogP contribution in [-0.4, -0.2) is 40.8 Å². The summed E-state index contributed by atoms with van der Waals surface area (Å²) < 4.78 is 9.76. The normalized spacial score (nSPS) is 14.6. The highest BCUT2D eigenvalue weighted by Gasteiger charge is 2.36. The number of carbonyl (C=O) groups excluding carboxylic acids is 3. The molecule has 3 rings (SSSR count). The van der Waals surface area contributed by atoms with Crippen molar-refractivity contribution in [2.45, 2.75) is 77.8 Å². The first-order valence-corrected chi connectivity index (χ1v) is 13.4. The molecule has 0 aliphatic heterocycles. The van der Waals surface area contributed by atoms with E-state index in [2.05, 4.69) is 16.6 Å². The number of carbonyl (C=O) groups is 3. The summed E-state index contributed by atoms with van der Waals surface area (Å²) in [5, 5.41) is 3.15. The molecule has 1 fully saturated rings. The summed E-state index contributed by atoms with van der Waals surface area (Å²) in [6, 6.07) is 6.44. The van der Waals surface area contributed by atoms with E-state index in [0.717, 1.165) is 50.1 Å². The molecular weight excluding hydrogens is 478 g/mol. The molecule has 0 bridgehead atoms. The molecule has 5 N–H and O–H groups in total. The third-order valence-electron chi connectivity index (χ3n) is 6.27. The third-order valence-corrected chi connectivity index (χ3v) is 7.12. The predicted octanol–water partition coefficient (Wildman–Crippen LogP) is 4.12. The first-order chi connectivity index (χ1) is 17.2. The summed E-state index contributed by atoms with van der Waals surface area (Å²) in [6.45, 7) is 6.71. The minimum atomic E-state index is -0.805. The molecule has 0 radical (unpaired) electrons. The SMILES string of the molecule is CCCCOc1ccc(N(C(=O)c2snc(C(N)=O)c2N)C(CC(C)C)C(=O)NC2CCCC2)cc1. The Labute approximate surface area is 216 Å². The Morgan fingerprint density at radius 3 is 2.42 bits per heavy atom. The smallest absolute Gasteiger partial charge is 0.272 e. The molecule has 1 aliphatic rings. The van der Waals surface area contributed by atoms with E-state index in [4.69, 9.17) is 16.2 Å². The molecule has 1 unspecified atom stereocenters. The van der Waals surface area contributed by atoms with Gasteiger partial charge in [-0.05, 0) is 67.4 Å². The summed E-state index contributed by atoms with van der Waals surface area (Å²) in [5.41, 5.74) is 11.8. The van der Waals surface area contributed by atoms with Gasteiger partial charge in [0.15, 0.2) is 5.69 Å². The van der Waals surface area contributed by atoms with E-state index >= 15 is 0 Å². The monoisotopic (exact) mass is 515 g/mol. The second-order valence-electron chi connectivity index (χ2n) is 9.64. The van der Waals surface area contributed by atoms with Crippen LogP contribution < -0.4 is 26.4 Å². The Hall–Kier alpha value is -3.14. The summed E-state index contributed by atoms with van der Waals surface area (Å²) in [7, 11) is 0. The van der Waals surface area contributed by atoms with E-state index < -0.39 is 17.9 Å². The molecule has 3 amide bonds. The number of hydrogen-bond donors (Lipinski definition) is 3. The zero-order valence-corrected chi connectivity index (χ0v) is 22.1. The van der Waals surface area contributed by atoms with Gasteiger partial charge in [0.05, 0.1) is 12.3 Å². The molecule has 196 valence electrons. The van der Waals surface area contributed by atoms with Crippen molar-refractivity contribution >= 4 is 40.6 Å². The number of aromatic nitrogens is 1. The molecule has 1 aromatic heterocycles. The highest BCUT2D eigenvalue weighted by Crippen LogP contribution is 2.31. The maximum atomic E-state index is 13.9. The molecule has 36 heavy (non-hydrogen) atoms. The van der Waals surface area contributed by atoms with Gasteiger partial charge in [-0.15, -0.1) is 0 Å². The first kappa shape index (κ1) is 27.4. The molecule has 9 nitrogen and oxygen atoms in total. The number of anilines is 2. The molecule has 0 saturated heterocycles. The number of rotatable bonds is 12. The number of amides is 3. The van der Waals surface area contributed by atoms with Gasteiger partial charge in [-0.25, -0.2) is 0 Å². The van der Waals surface area contributed by atoms with Gasteiger partial charge >= 0.3 is 0 Å². The van der Waals surface area contributed by atoms with Crippen LogP contribution in [0.1, 0.15) is 85.9 Å². The summed E-state index contributed by atoms with van der Waals surface area (Å²) in [6.07, 6.45) is 6.43. The molecule has 0 spiro atoms. The number of benzene rings is 1. The van der Waals surface area contributed by atoms with Crippen molar-refractivity contribution in [3.8, 4) is 5.75 Å². The van der Waals surface area contributed by atoms with Gasteiger partial charge in [0.2, 0.25) is 5.91 Å². The molecular formula is C26H37N5O4S. The summed E-state index contributed by atoms with van der Waals surface area (Å²) >= 11 is 0.810. The van der Waals surface area contributed by atoms with E-state index in [-0.39, 0.29) is 34.1 Å². The van der Waals surface area contributed by atoms with E-state index in [9.17, 15) is 14.4 Å². The Morgan fingerprint density at radius 1 is 1.19 bits per heavy atom. The average molecular weight is 516 g/mol. The fourth-order valence-electron chi connectivity index (χ4n) is 4.36. The molecule has 1 saturated carbocycles. The minimum absolute atomic E-state index is 0.0680. The lowest BCUT2D eigenvalue weighted by Crippen LogP contribution is -2.52. The molecule has 1 aliphatic carbocycles. The molecule has 2 aromatic rings. The molecule has 1 atom stereocenters. The van der Waals surface area contributed by atoms with Crippen LogP contribution in [0.25, 0.3) is 0 Å². The quantitative estimate of drug-likeness (QED) is 0.363. The van der Waals surface area contributed by atoms with Gasteiger partial charge < -0.3 is 21.5 Å². The largest absolute Gasteiger partial charge is 0.494 e. The Bertz CT molecular complexity index is 1050. The molecule has 1 aromatic carbocycles. The van der Waals surface area contributed by atoms with Crippen LogP contribution >= 0.6 is 11.5 Å². The van der Waals surface area contributed by atoms with Crippen molar-refractivity contribution in [1.82, 2.24) is 9.69 Å². The van der Waals surface area contributed by atoms with Crippen LogP contribution in [0.15, 0.2) is 24.3 Å². The van der Waals surface area contributed by atoms with Gasteiger partial charge in [-0.1, -0.05) is 40.0 Å². The van der Waals surface area contributed by atoms with Gasteiger partial charge in [0.1, 0.15) is 16.7 Å². The molecule has 1 heterocycles. The van der Waals surface area contributed by atoms with Crippen molar-refractivity contribution in [3.05, 3.63) is 34.8 Å². The second-order valence-corrected chi connectivity index (χ2v) is 10.4. The molecule has 10 heteroatoms. The van der Waals surface area contributed by atoms with E-state index in [1.807, 2.05) is 13.8 Å². The summed E-state index contributed by atoms with van der Waals surface area (Å²) in [4.78, 5) is 40.7. The predicted molar refractivity (Wildman–Crippen MR) is 142 cm³/mol. The maximum Gasteiger partial charge on any atom is 0.272 e. The van der Waals surface area contributed by atoms with Crippen LogP contribution in [0.2, 0.25) is 0 Å². The number of nitrogens with two attached hydrogens (primary N) is 2. The first-order valence-electron chi connectivity index (χ1n) is 12.6. The number of nitrogens with one attached hydrogen (secondary N) is 1. The van der Waals surface area contributed by atoms with Crippen molar-refractivity contribution < 1.29 is 19.1 Å². The number of ether oxygens (including phenoxy) is 1. The van der Waals surface area contributed by atoms with Crippen LogP contribution in [0.5, 0.6) is 5.75 Å². The topological polar surface area (TPSA) is 141 Å². The second kappa shape index (κ2) is 12.7. The van der Waals surface area contributed by atoms with E-state index in [0.29, 0.717) is 24.5 Å². The minimum Gasteiger partial charge on any atom is -0.494 e. The standard InChI is InChI=1S/C26H37N5O4S/c1-4-5-14-35-19-12-10-18(11-13-19)31(26(34)23-21(27)22(24(28)32)30-36-23)20(15-16(2)3)25(33)29-17-8-6-7-9-17/h10-13,16-17,20H,4-9,14-15,27H2,1-3H3,(H2,28,32)(H,29,33).